The third-order valence-corrected chi connectivity index (χ3v) is 4.50. The Morgan fingerprint density at radius 2 is 2.33 bits per heavy atom. The minimum absolute atomic E-state index is 0.534. The van der Waals surface area contributed by atoms with Crippen LogP contribution in [-0.4, -0.2) is 44.8 Å². The van der Waals surface area contributed by atoms with Gasteiger partial charge in [0.2, 0.25) is 0 Å². The molecule has 5 heteroatoms. The highest BCUT2D eigenvalue weighted by Crippen LogP contribution is 2.21. The smallest absolute Gasteiger partial charge is 0.0701 e. The fraction of sp³-hybridized carbons (Fsp3) is 0.692. The number of nitrogens with zero attached hydrogens (tertiary/aromatic N) is 1. The zero-order valence-corrected chi connectivity index (χ0v) is 13.8. The van der Waals surface area contributed by atoms with Crippen LogP contribution in [0.5, 0.6) is 0 Å². The molecule has 0 radical (unpaired) electrons. The maximum atomic E-state index is 5.02. The largest absolute Gasteiger partial charge is 0.385 e. The topological polar surface area (TPSA) is 24.5 Å². The van der Waals surface area contributed by atoms with Gasteiger partial charge in [-0.15, -0.1) is 11.3 Å². The lowest BCUT2D eigenvalue weighted by Crippen LogP contribution is -2.37. The van der Waals surface area contributed by atoms with E-state index in [0.29, 0.717) is 6.04 Å². The van der Waals surface area contributed by atoms with Crippen LogP contribution in [0.1, 0.15) is 18.9 Å². The molecule has 0 amide bonds. The van der Waals surface area contributed by atoms with Crippen LogP contribution in [0.2, 0.25) is 0 Å². The molecule has 0 aliphatic rings. The molecule has 1 N–H and O–H groups in total. The number of methoxy groups -OCH3 is 1. The fourth-order valence-corrected chi connectivity index (χ4v) is 2.88. The number of halogens is 1. The first kappa shape index (κ1) is 16.1. The van der Waals surface area contributed by atoms with Gasteiger partial charge in [-0.1, -0.05) is 0 Å². The van der Waals surface area contributed by atoms with E-state index in [-0.39, 0.29) is 0 Å². The Morgan fingerprint density at radius 3 is 2.94 bits per heavy atom. The van der Waals surface area contributed by atoms with E-state index in [2.05, 4.69) is 51.6 Å². The lowest BCUT2D eigenvalue weighted by Gasteiger charge is -2.24. The predicted octanol–water partition coefficient (Wildman–Crippen LogP) is 2.96. The summed E-state index contributed by atoms with van der Waals surface area (Å²) in [6.07, 6.45) is 1.07. The van der Waals surface area contributed by atoms with Gasteiger partial charge in [-0.3, -0.25) is 4.90 Å². The molecule has 0 saturated heterocycles. The highest BCUT2D eigenvalue weighted by atomic mass is 79.9. The van der Waals surface area contributed by atoms with E-state index in [0.717, 1.165) is 32.7 Å². The van der Waals surface area contributed by atoms with Crippen molar-refractivity contribution in [2.75, 3.05) is 33.9 Å². The monoisotopic (exact) mass is 334 g/mol. The van der Waals surface area contributed by atoms with Crippen LogP contribution >= 0.6 is 27.3 Å². The third-order valence-electron chi connectivity index (χ3n) is 2.95. The summed E-state index contributed by atoms with van der Waals surface area (Å²) in [6.45, 7) is 6.13. The van der Waals surface area contributed by atoms with E-state index in [1.165, 1.54) is 9.35 Å². The van der Waals surface area contributed by atoms with Gasteiger partial charge in [-0.2, -0.15) is 0 Å². The van der Waals surface area contributed by atoms with Crippen molar-refractivity contribution in [1.82, 2.24) is 10.2 Å². The van der Waals surface area contributed by atoms with Gasteiger partial charge in [0.15, 0.2) is 0 Å². The van der Waals surface area contributed by atoms with Gasteiger partial charge in [0.25, 0.3) is 0 Å². The summed E-state index contributed by atoms with van der Waals surface area (Å²) < 4.78 is 6.23. The number of nitrogens with one attached hydrogen (secondary N) is 1. The molecule has 1 aromatic rings. The van der Waals surface area contributed by atoms with Crippen molar-refractivity contribution in [3.8, 4) is 0 Å². The Hall–Kier alpha value is 0.0600. The highest BCUT2D eigenvalue weighted by molar-refractivity contribution is 9.11. The average Bonchev–Trinajstić information content (AvgIpc) is 2.74. The van der Waals surface area contributed by atoms with Gasteiger partial charge >= 0.3 is 0 Å². The minimum atomic E-state index is 0.534. The van der Waals surface area contributed by atoms with Crippen LogP contribution < -0.4 is 5.32 Å². The van der Waals surface area contributed by atoms with E-state index >= 15 is 0 Å². The summed E-state index contributed by atoms with van der Waals surface area (Å²) in [5.74, 6) is 0. The van der Waals surface area contributed by atoms with Gasteiger partial charge in [-0.05, 0) is 59.9 Å². The second-order valence-electron chi connectivity index (χ2n) is 4.57. The van der Waals surface area contributed by atoms with Crippen molar-refractivity contribution >= 4 is 27.3 Å². The quantitative estimate of drug-likeness (QED) is 0.702. The molecule has 0 fully saturated rings. The van der Waals surface area contributed by atoms with Crippen LogP contribution in [0.4, 0.5) is 0 Å². The van der Waals surface area contributed by atoms with Gasteiger partial charge in [-0.25, -0.2) is 0 Å². The molecule has 1 rings (SSSR count). The van der Waals surface area contributed by atoms with E-state index in [9.17, 15) is 0 Å². The molecule has 104 valence electrons. The zero-order chi connectivity index (χ0) is 13.4. The average molecular weight is 335 g/mol. The number of ether oxygens (including phenoxy) is 1. The Kier molecular flexibility index (Phi) is 8.10. The van der Waals surface area contributed by atoms with Crippen LogP contribution in [0.3, 0.4) is 0 Å². The second-order valence-corrected chi connectivity index (χ2v) is 6.86. The third kappa shape index (κ3) is 6.29. The van der Waals surface area contributed by atoms with Crippen molar-refractivity contribution in [3.05, 3.63) is 20.8 Å². The van der Waals surface area contributed by atoms with Crippen molar-refractivity contribution in [2.45, 2.75) is 25.9 Å². The molecule has 0 aliphatic heterocycles. The van der Waals surface area contributed by atoms with Crippen molar-refractivity contribution < 1.29 is 4.74 Å². The molecular weight excluding hydrogens is 312 g/mol. The number of hydrogen-bond acceptors (Lipinski definition) is 4. The van der Waals surface area contributed by atoms with E-state index < -0.39 is 0 Å². The number of likely N-dealkylation sites (N-methyl/N-ethyl adjacent to an activating group) is 1. The lowest BCUT2D eigenvalue weighted by molar-refractivity contribution is 0.191. The van der Waals surface area contributed by atoms with Crippen LogP contribution in [0.15, 0.2) is 15.2 Å². The normalized spacial score (nSPS) is 13.2. The molecule has 1 heterocycles. The van der Waals surface area contributed by atoms with Crippen LogP contribution in [-0.2, 0) is 11.3 Å². The second kappa shape index (κ2) is 9.04. The van der Waals surface area contributed by atoms with Gasteiger partial charge < -0.3 is 10.1 Å². The highest BCUT2D eigenvalue weighted by Gasteiger charge is 2.09. The van der Waals surface area contributed by atoms with E-state index in [1.807, 2.05) is 0 Å². The summed E-state index contributed by atoms with van der Waals surface area (Å²) in [7, 11) is 3.92. The molecule has 0 bridgehead atoms. The molecule has 0 aliphatic carbocycles. The molecule has 1 unspecified atom stereocenters. The van der Waals surface area contributed by atoms with E-state index in [4.69, 9.17) is 4.74 Å². The molecule has 1 atom stereocenters. The number of rotatable bonds is 9. The first-order valence-corrected chi connectivity index (χ1v) is 7.93. The maximum Gasteiger partial charge on any atom is 0.0701 e. The molecule has 18 heavy (non-hydrogen) atoms. The predicted molar refractivity (Wildman–Crippen MR) is 82.3 cm³/mol. The summed E-state index contributed by atoms with van der Waals surface area (Å²) >= 11 is 5.25. The molecule has 0 saturated carbocycles. The van der Waals surface area contributed by atoms with Crippen molar-refractivity contribution in [1.29, 1.82) is 0 Å². The Balaban J connectivity index is 2.18. The zero-order valence-electron chi connectivity index (χ0n) is 11.4. The van der Waals surface area contributed by atoms with Gasteiger partial charge in [0.05, 0.1) is 3.79 Å². The summed E-state index contributed by atoms with van der Waals surface area (Å²) in [4.78, 5) is 2.37. The number of hydrogen-bond donors (Lipinski definition) is 1. The Labute approximate surface area is 123 Å². The molecule has 1 aromatic heterocycles. The summed E-state index contributed by atoms with van der Waals surface area (Å²) in [5.41, 5.74) is 1.38. The SMILES string of the molecule is COCCCNCC(C)N(C)Cc1csc(Br)c1. The van der Waals surface area contributed by atoms with Crippen molar-refractivity contribution in [3.63, 3.8) is 0 Å². The standard InChI is InChI=1S/C13H23BrN2OS/c1-11(8-15-5-4-6-17-3)16(2)9-12-7-13(14)18-10-12/h7,10-11,15H,4-6,8-9H2,1-3H3. The Bertz CT molecular complexity index is 333. The van der Waals surface area contributed by atoms with E-state index in [1.54, 1.807) is 18.4 Å². The molecule has 3 nitrogen and oxygen atoms in total. The van der Waals surface area contributed by atoms with Crippen molar-refractivity contribution in [2.24, 2.45) is 0 Å². The van der Waals surface area contributed by atoms with Gasteiger partial charge in [0, 0.05) is 32.8 Å². The summed E-state index contributed by atoms with van der Waals surface area (Å²) in [6, 6.07) is 2.73. The number of thiophene rings is 1. The summed E-state index contributed by atoms with van der Waals surface area (Å²) in [5, 5.41) is 5.67. The van der Waals surface area contributed by atoms with Crippen LogP contribution in [0.25, 0.3) is 0 Å². The molecular formula is C13H23BrN2OS. The first-order valence-electron chi connectivity index (χ1n) is 6.26. The molecule has 0 spiro atoms. The van der Waals surface area contributed by atoms with Gasteiger partial charge in [0.1, 0.15) is 0 Å². The maximum absolute atomic E-state index is 5.02. The minimum Gasteiger partial charge on any atom is -0.385 e. The lowest BCUT2D eigenvalue weighted by atomic mass is 10.2. The molecule has 0 aromatic carbocycles. The Morgan fingerprint density at radius 1 is 1.56 bits per heavy atom. The first-order chi connectivity index (χ1) is 8.63. The fourth-order valence-electron chi connectivity index (χ4n) is 1.68. The van der Waals surface area contributed by atoms with Crippen LogP contribution in [0, 0.1) is 0 Å².